The fourth-order valence-corrected chi connectivity index (χ4v) is 3.20. The highest BCUT2D eigenvalue weighted by Gasteiger charge is 2.20. The van der Waals surface area contributed by atoms with E-state index in [1.54, 1.807) is 36.4 Å². The summed E-state index contributed by atoms with van der Waals surface area (Å²) in [7, 11) is 0. The van der Waals surface area contributed by atoms with Gasteiger partial charge in [0.05, 0.1) is 5.56 Å². The number of aromatic nitrogens is 2. The number of likely N-dealkylation sites (tertiary alicyclic amines) is 1. The maximum absolute atomic E-state index is 12.2. The van der Waals surface area contributed by atoms with Crippen molar-refractivity contribution in [3.8, 4) is 11.4 Å². The Morgan fingerprint density at radius 2 is 1.90 bits per heavy atom. The summed E-state index contributed by atoms with van der Waals surface area (Å²) >= 11 is 5.87. The molecule has 8 heteroatoms. The summed E-state index contributed by atoms with van der Waals surface area (Å²) in [5, 5.41) is 4.50. The third-order valence-electron chi connectivity index (χ3n) is 4.63. The van der Waals surface area contributed by atoms with Gasteiger partial charge in [0.15, 0.2) is 6.61 Å². The van der Waals surface area contributed by atoms with Crippen LogP contribution in [-0.4, -0.2) is 33.5 Å². The van der Waals surface area contributed by atoms with Crippen molar-refractivity contribution in [1.82, 2.24) is 15.0 Å². The van der Waals surface area contributed by atoms with Gasteiger partial charge in [-0.15, -0.1) is 0 Å². The number of hydrogen-bond acceptors (Lipinski definition) is 6. The molecule has 2 aromatic carbocycles. The van der Waals surface area contributed by atoms with Crippen LogP contribution in [0.25, 0.3) is 11.4 Å². The molecule has 0 spiro atoms. The van der Waals surface area contributed by atoms with Gasteiger partial charge in [-0.3, -0.25) is 4.79 Å². The molecular weight excluding hydrogens is 394 g/mol. The smallest absolute Gasteiger partial charge is 0.338 e. The van der Waals surface area contributed by atoms with Crippen LogP contribution in [-0.2, 0) is 22.7 Å². The minimum atomic E-state index is -0.486. The van der Waals surface area contributed by atoms with Gasteiger partial charge in [-0.25, -0.2) is 4.79 Å². The number of hydrogen-bond donors (Lipinski definition) is 0. The predicted molar refractivity (Wildman–Crippen MR) is 105 cm³/mol. The van der Waals surface area contributed by atoms with Crippen LogP contribution in [0, 0.1) is 0 Å². The summed E-state index contributed by atoms with van der Waals surface area (Å²) in [5.41, 5.74) is 2.14. The molecule has 29 heavy (non-hydrogen) atoms. The first-order chi connectivity index (χ1) is 14.1. The van der Waals surface area contributed by atoms with Crippen molar-refractivity contribution in [3.63, 3.8) is 0 Å². The molecule has 1 amide bonds. The molecule has 1 aromatic heterocycles. The van der Waals surface area contributed by atoms with E-state index in [0.29, 0.717) is 29.4 Å². The molecule has 0 radical (unpaired) electrons. The number of nitrogens with zero attached hydrogens (tertiary/aromatic N) is 3. The van der Waals surface area contributed by atoms with Gasteiger partial charge in [-0.2, -0.15) is 4.98 Å². The Labute approximate surface area is 172 Å². The van der Waals surface area contributed by atoms with Crippen LogP contribution in [0.1, 0.15) is 34.7 Å². The molecule has 1 saturated heterocycles. The molecule has 3 aromatic rings. The highest BCUT2D eigenvalue weighted by molar-refractivity contribution is 6.30. The van der Waals surface area contributed by atoms with Crippen molar-refractivity contribution in [2.75, 3.05) is 6.54 Å². The lowest BCUT2D eigenvalue weighted by atomic mass is 10.1. The Kier molecular flexibility index (Phi) is 5.57. The summed E-state index contributed by atoms with van der Waals surface area (Å²) in [6.07, 6.45) is 1.51. The fraction of sp³-hybridized carbons (Fsp3) is 0.238. The summed E-state index contributed by atoms with van der Waals surface area (Å²) in [6, 6.07) is 14.0. The zero-order chi connectivity index (χ0) is 20.2. The number of halogens is 1. The number of ether oxygens (including phenoxy) is 1. The average Bonchev–Trinajstić information content (AvgIpc) is 3.37. The summed E-state index contributed by atoms with van der Waals surface area (Å²) in [4.78, 5) is 30.0. The SMILES string of the molecule is O=C(OCc1nc(-c2ccc(Cl)cc2)no1)c1ccc(CN2CCCC2=O)cc1. The normalized spacial score (nSPS) is 13.7. The zero-order valence-electron chi connectivity index (χ0n) is 15.5. The molecule has 148 valence electrons. The second kappa shape index (κ2) is 8.45. The van der Waals surface area contributed by atoms with Gasteiger partial charge < -0.3 is 14.2 Å². The van der Waals surface area contributed by atoms with E-state index >= 15 is 0 Å². The van der Waals surface area contributed by atoms with Gasteiger partial charge in [0.2, 0.25) is 11.7 Å². The summed E-state index contributed by atoms with van der Waals surface area (Å²) in [6.45, 7) is 1.22. The van der Waals surface area contributed by atoms with Crippen LogP contribution in [0.4, 0.5) is 0 Å². The monoisotopic (exact) mass is 411 g/mol. The molecule has 1 aliphatic rings. The quantitative estimate of drug-likeness (QED) is 0.572. The number of amides is 1. The fourth-order valence-electron chi connectivity index (χ4n) is 3.08. The van der Waals surface area contributed by atoms with Crippen LogP contribution in [0.15, 0.2) is 53.1 Å². The standard InChI is InChI=1S/C21H18ClN3O4/c22-17-9-7-15(8-10-17)20-23-18(29-24-20)13-28-21(27)16-5-3-14(4-6-16)12-25-11-1-2-19(25)26/h3-10H,1-2,11-13H2. The Balaban J connectivity index is 1.32. The summed E-state index contributed by atoms with van der Waals surface area (Å²) < 4.78 is 10.4. The lowest BCUT2D eigenvalue weighted by Crippen LogP contribution is -2.23. The van der Waals surface area contributed by atoms with Gasteiger partial charge in [0.1, 0.15) is 0 Å². The van der Waals surface area contributed by atoms with Crippen molar-refractivity contribution in [1.29, 1.82) is 0 Å². The van der Waals surface area contributed by atoms with Crippen molar-refractivity contribution in [2.24, 2.45) is 0 Å². The second-order valence-corrected chi connectivity index (χ2v) is 7.15. The topological polar surface area (TPSA) is 85.5 Å². The summed E-state index contributed by atoms with van der Waals surface area (Å²) in [5.74, 6) is 0.284. The van der Waals surface area contributed by atoms with Gasteiger partial charge in [0.25, 0.3) is 5.89 Å². The number of carbonyl (C=O) groups is 2. The molecule has 7 nitrogen and oxygen atoms in total. The van der Waals surface area contributed by atoms with Crippen LogP contribution in [0.2, 0.25) is 5.02 Å². The van der Waals surface area contributed by atoms with E-state index in [2.05, 4.69) is 10.1 Å². The molecule has 1 fully saturated rings. The van der Waals surface area contributed by atoms with E-state index in [-0.39, 0.29) is 18.4 Å². The van der Waals surface area contributed by atoms with Crippen LogP contribution in [0.3, 0.4) is 0 Å². The Morgan fingerprint density at radius 3 is 2.59 bits per heavy atom. The maximum Gasteiger partial charge on any atom is 0.338 e. The molecule has 2 heterocycles. The third-order valence-corrected chi connectivity index (χ3v) is 4.88. The van der Waals surface area contributed by atoms with Crippen molar-refractivity contribution in [3.05, 3.63) is 70.6 Å². The van der Waals surface area contributed by atoms with Crippen molar-refractivity contribution < 1.29 is 18.8 Å². The first kappa shape index (κ1) is 19.1. The number of carbonyl (C=O) groups excluding carboxylic acids is 2. The maximum atomic E-state index is 12.2. The van der Waals surface area contributed by atoms with Crippen LogP contribution >= 0.6 is 11.6 Å². The second-order valence-electron chi connectivity index (χ2n) is 6.71. The molecule has 1 aliphatic heterocycles. The van der Waals surface area contributed by atoms with E-state index in [4.69, 9.17) is 20.9 Å². The Bertz CT molecular complexity index is 1020. The third kappa shape index (κ3) is 4.63. The van der Waals surface area contributed by atoms with Gasteiger partial charge >= 0.3 is 5.97 Å². The van der Waals surface area contributed by atoms with Crippen molar-refractivity contribution >= 4 is 23.5 Å². The largest absolute Gasteiger partial charge is 0.452 e. The van der Waals surface area contributed by atoms with Crippen LogP contribution in [0.5, 0.6) is 0 Å². The predicted octanol–water partition coefficient (Wildman–Crippen LogP) is 3.87. The average molecular weight is 412 g/mol. The molecule has 0 unspecified atom stereocenters. The highest BCUT2D eigenvalue weighted by Crippen LogP contribution is 2.19. The van der Waals surface area contributed by atoms with E-state index in [9.17, 15) is 9.59 Å². The Hall–Kier alpha value is -3.19. The molecule has 0 atom stereocenters. The zero-order valence-corrected chi connectivity index (χ0v) is 16.3. The van der Waals surface area contributed by atoms with Crippen molar-refractivity contribution in [2.45, 2.75) is 26.0 Å². The molecule has 0 saturated carbocycles. The molecule has 0 bridgehead atoms. The van der Waals surface area contributed by atoms with Gasteiger partial charge in [-0.05, 0) is 48.4 Å². The molecule has 4 rings (SSSR count). The number of benzene rings is 2. The highest BCUT2D eigenvalue weighted by atomic mass is 35.5. The minimum absolute atomic E-state index is 0.122. The van der Waals surface area contributed by atoms with E-state index in [0.717, 1.165) is 24.1 Å². The lowest BCUT2D eigenvalue weighted by molar-refractivity contribution is -0.128. The first-order valence-corrected chi connectivity index (χ1v) is 9.58. The van der Waals surface area contributed by atoms with Crippen LogP contribution < -0.4 is 0 Å². The Morgan fingerprint density at radius 1 is 1.14 bits per heavy atom. The van der Waals surface area contributed by atoms with E-state index in [1.165, 1.54) is 0 Å². The molecule has 0 aliphatic carbocycles. The first-order valence-electron chi connectivity index (χ1n) is 9.21. The molecular formula is C21H18ClN3O4. The number of esters is 1. The van der Waals surface area contributed by atoms with E-state index in [1.807, 2.05) is 17.0 Å². The van der Waals surface area contributed by atoms with Gasteiger partial charge in [-0.1, -0.05) is 28.9 Å². The van der Waals surface area contributed by atoms with Gasteiger partial charge in [0, 0.05) is 30.1 Å². The van der Waals surface area contributed by atoms with E-state index < -0.39 is 5.97 Å². The molecule has 0 N–H and O–H groups in total. The number of rotatable bonds is 6. The minimum Gasteiger partial charge on any atom is -0.452 e. The lowest BCUT2D eigenvalue weighted by Gasteiger charge is -2.15.